The van der Waals surface area contributed by atoms with Crippen LogP contribution in [-0.4, -0.2) is 21.9 Å². The van der Waals surface area contributed by atoms with Gasteiger partial charge in [0.2, 0.25) is 5.91 Å². The highest BCUT2D eigenvalue weighted by atomic mass is 35.5. The van der Waals surface area contributed by atoms with Crippen molar-refractivity contribution in [3.05, 3.63) is 82.8 Å². The second-order valence-electron chi connectivity index (χ2n) is 8.66. The van der Waals surface area contributed by atoms with Crippen molar-refractivity contribution in [3.63, 3.8) is 0 Å². The number of nitrogens with zero attached hydrogens (tertiary/aromatic N) is 2. The highest BCUT2D eigenvalue weighted by Gasteiger charge is 2.28. The fraction of sp³-hybridized carbons (Fsp3) is 0.259. The summed E-state index contributed by atoms with van der Waals surface area (Å²) in [4.78, 5) is 23.1. The maximum absolute atomic E-state index is 13.7. The minimum absolute atomic E-state index is 0.0762. The Balaban J connectivity index is 1.39. The van der Waals surface area contributed by atoms with E-state index in [1.807, 2.05) is 41.3 Å². The molecule has 1 aliphatic rings. The standard InChI is InChI=1S/C27H25ClFN3O/c1-17-8-9-18-15-20(29)11-13-25(18)32(17)26(33)7-4-5-21-22-16-19(28)10-12-23(22)31-27(21)24-6-2-3-14-30-24/h2-3,6,10-17,31H,4-5,7-9H2,1H3. The van der Waals surface area contributed by atoms with E-state index in [0.29, 0.717) is 17.9 Å². The van der Waals surface area contributed by atoms with Gasteiger partial charge in [0, 0.05) is 40.3 Å². The molecule has 4 nitrogen and oxygen atoms in total. The van der Waals surface area contributed by atoms with Gasteiger partial charge in [0.05, 0.1) is 11.4 Å². The van der Waals surface area contributed by atoms with Crippen LogP contribution < -0.4 is 4.90 Å². The number of amides is 1. The van der Waals surface area contributed by atoms with Crippen molar-refractivity contribution in [2.45, 2.75) is 45.1 Å². The monoisotopic (exact) mass is 461 g/mol. The number of carbonyl (C=O) groups is 1. The zero-order chi connectivity index (χ0) is 22.9. The van der Waals surface area contributed by atoms with Crippen LogP contribution in [0.25, 0.3) is 22.3 Å². The molecule has 0 saturated heterocycles. The van der Waals surface area contributed by atoms with Crippen molar-refractivity contribution in [2.24, 2.45) is 0 Å². The number of rotatable bonds is 5. The molecular formula is C27H25ClFN3O. The Morgan fingerprint density at radius 1 is 1.21 bits per heavy atom. The summed E-state index contributed by atoms with van der Waals surface area (Å²) in [6, 6.07) is 16.5. The maximum Gasteiger partial charge on any atom is 0.227 e. The van der Waals surface area contributed by atoms with E-state index in [9.17, 15) is 9.18 Å². The number of carbonyl (C=O) groups excluding carboxylic acids is 1. The van der Waals surface area contributed by atoms with Gasteiger partial charge in [-0.2, -0.15) is 0 Å². The summed E-state index contributed by atoms with van der Waals surface area (Å²) >= 11 is 6.29. The number of fused-ring (bicyclic) bond motifs is 2. The first-order valence-electron chi connectivity index (χ1n) is 11.3. The highest BCUT2D eigenvalue weighted by Crippen LogP contribution is 2.34. The average Bonchev–Trinajstić information content (AvgIpc) is 3.17. The molecule has 0 bridgehead atoms. The zero-order valence-electron chi connectivity index (χ0n) is 18.4. The summed E-state index contributed by atoms with van der Waals surface area (Å²) in [5, 5.41) is 1.74. The van der Waals surface area contributed by atoms with Crippen LogP contribution in [0.15, 0.2) is 60.8 Å². The number of pyridine rings is 1. The molecule has 1 unspecified atom stereocenters. The van der Waals surface area contributed by atoms with E-state index in [-0.39, 0.29) is 17.8 Å². The van der Waals surface area contributed by atoms with Gasteiger partial charge in [0.1, 0.15) is 5.82 Å². The Hall–Kier alpha value is -3.18. The largest absolute Gasteiger partial charge is 0.353 e. The summed E-state index contributed by atoms with van der Waals surface area (Å²) < 4.78 is 13.7. The van der Waals surface area contributed by atoms with Gasteiger partial charge in [0.25, 0.3) is 0 Å². The number of aryl methyl sites for hydroxylation is 2. The minimum Gasteiger partial charge on any atom is -0.353 e. The quantitative estimate of drug-likeness (QED) is 0.359. The molecule has 1 amide bonds. The molecule has 5 rings (SSSR count). The van der Waals surface area contributed by atoms with Crippen molar-refractivity contribution in [3.8, 4) is 11.4 Å². The number of benzene rings is 2. The van der Waals surface area contributed by atoms with Crippen LogP contribution in [0.5, 0.6) is 0 Å². The summed E-state index contributed by atoms with van der Waals surface area (Å²) in [6.45, 7) is 2.06. The maximum atomic E-state index is 13.7. The molecule has 6 heteroatoms. The molecule has 168 valence electrons. The molecule has 1 N–H and O–H groups in total. The number of halogens is 2. The van der Waals surface area contributed by atoms with E-state index in [0.717, 1.165) is 58.4 Å². The molecule has 4 aromatic rings. The smallest absolute Gasteiger partial charge is 0.227 e. The zero-order valence-corrected chi connectivity index (χ0v) is 19.2. The lowest BCUT2D eigenvalue weighted by Crippen LogP contribution is -2.42. The van der Waals surface area contributed by atoms with Crippen LogP contribution in [0.4, 0.5) is 10.1 Å². The lowest BCUT2D eigenvalue weighted by Gasteiger charge is -2.35. The molecule has 0 saturated carbocycles. The molecular weight excluding hydrogens is 437 g/mol. The van der Waals surface area contributed by atoms with Gasteiger partial charge in [-0.1, -0.05) is 17.7 Å². The van der Waals surface area contributed by atoms with Gasteiger partial charge >= 0.3 is 0 Å². The minimum atomic E-state index is -0.254. The molecule has 0 radical (unpaired) electrons. The molecule has 1 aliphatic heterocycles. The molecule has 1 atom stereocenters. The normalized spacial score (nSPS) is 15.6. The first-order valence-corrected chi connectivity index (χ1v) is 11.7. The van der Waals surface area contributed by atoms with E-state index in [4.69, 9.17) is 11.6 Å². The predicted octanol–water partition coefficient (Wildman–Crippen LogP) is 6.71. The van der Waals surface area contributed by atoms with Gasteiger partial charge in [-0.15, -0.1) is 0 Å². The average molecular weight is 462 g/mol. The van der Waals surface area contributed by atoms with Gasteiger partial charge in [-0.25, -0.2) is 4.39 Å². The SMILES string of the molecule is CC1CCc2cc(F)ccc2N1C(=O)CCCc1c(-c2ccccn2)[nH]c2ccc(Cl)cc12. The summed E-state index contributed by atoms with van der Waals surface area (Å²) in [7, 11) is 0. The third-order valence-corrected chi connectivity index (χ3v) is 6.68. The summed E-state index contributed by atoms with van der Waals surface area (Å²) in [5.41, 5.74) is 5.70. The third kappa shape index (κ3) is 4.25. The number of aromatic nitrogens is 2. The lowest BCUT2D eigenvalue weighted by molar-refractivity contribution is -0.119. The van der Waals surface area contributed by atoms with Crippen molar-refractivity contribution in [2.75, 3.05) is 4.90 Å². The Labute approximate surface area is 197 Å². The fourth-order valence-corrected chi connectivity index (χ4v) is 5.02. The lowest BCUT2D eigenvalue weighted by atomic mass is 9.95. The van der Waals surface area contributed by atoms with E-state index in [1.165, 1.54) is 6.07 Å². The van der Waals surface area contributed by atoms with Crippen LogP contribution in [0.1, 0.15) is 37.3 Å². The molecule has 2 aromatic heterocycles. The second-order valence-corrected chi connectivity index (χ2v) is 9.10. The summed E-state index contributed by atoms with van der Waals surface area (Å²) in [5.74, 6) is -0.178. The van der Waals surface area contributed by atoms with Crippen LogP contribution >= 0.6 is 11.6 Å². The van der Waals surface area contributed by atoms with Crippen molar-refractivity contribution < 1.29 is 9.18 Å². The number of hydrogen-bond donors (Lipinski definition) is 1. The first-order chi connectivity index (χ1) is 16.0. The fourth-order valence-electron chi connectivity index (χ4n) is 4.85. The Bertz CT molecular complexity index is 1320. The Morgan fingerprint density at radius 3 is 2.91 bits per heavy atom. The molecule has 0 spiro atoms. The number of aromatic amines is 1. The molecule has 33 heavy (non-hydrogen) atoms. The van der Waals surface area contributed by atoms with Crippen LogP contribution in [0.3, 0.4) is 0 Å². The molecule has 0 fully saturated rings. The molecule has 0 aliphatic carbocycles. The molecule has 2 aromatic carbocycles. The van der Waals surface area contributed by atoms with Crippen molar-refractivity contribution >= 4 is 34.1 Å². The van der Waals surface area contributed by atoms with Gasteiger partial charge in [-0.3, -0.25) is 9.78 Å². The van der Waals surface area contributed by atoms with E-state index < -0.39 is 0 Å². The first kappa shape index (κ1) is 21.7. The van der Waals surface area contributed by atoms with E-state index in [2.05, 4.69) is 16.9 Å². The predicted molar refractivity (Wildman–Crippen MR) is 131 cm³/mol. The van der Waals surface area contributed by atoms with Crippen LogP contribution in [-0.2, 0) is 17.6 Å². The van der Waals surface area contributed by atoms with Crippen LogP contribution in [0, 0.1) is 5.82 Å². The van der Waals surface area contributed by atoms with Crippen molar-refractivity contribution in [1.29, 1.82) is 0 Å². The number of H-pyrrole nitrogens is 1. The van der Waals surface area contributed by atoms with Crippen molar-refractivity contribution in [1.82, 2.24) is 9.97 Å². The highest BCUT2D eigenvalue weighted by molar-refractivity contribution is 6.31. The van der Waals surface area contributed by atoms with E-state index in [1.54, 1.807) is 18.3 Å². The van der Waals surface area contributed by atoms with E-state index >= 15 is 0 Å². The van der Waals surface area contributed by atoms with Gasteiger partial charge < -0.3 is 9.88 Å². The third-order valence-electron chi connectivity index (χ3n) is 6.45. The van der Waals surface area contributed by atoms with Gasteiger partial charge in [-0.05, 0) is 92.3 Å². The number of hydrogen-bond acceptors (Lipinski definition) is 2. The second kappa shape index (κ2) is 8.99. The van der Waals surface area contributed by atoms with Gasteiger partial charge in [0.15, 0.2) is 0 Å². The topological polar surface area (TPSA) is 49.0 Å². The molecule has 3 heterocycles. The summed E-state index contributed by atoms with van der Waals surface area (Å²) in [6.07, 6.45) is 5.23. The van der Waals surface area contributed by atoms with Crippen LogP contribution in [0.2, 0.25) is 5.02 Å². The Kier molecular flexibility index (Phi) is 5.90. The number of anilines is 1. The number of nitrogens with one attached hydrogen (secondary N) is 1. The Morgan fingerprint density at radius 2 is 2.09 bits per heavy atom.